The second kappa shape index (κ2) is 8.80. The quantitative estimate of drug-likeness (QED) is 0.829. The lowest BCUT2D eigenvalue weighted by molar-refractivity contribution is 0.0398. The molecule has 0 aliphatic carbocycles. The van der Waals surface area contributed by atoms with Crippen LogP contribution in [0.4, 0.5) is 11.4 Å². The highest BCUT2D eigenvalue weighted by molar-refractivity contribution is 6.33. The summed E-state index contributed by atoms with van der Waals surface area (Å²) in [4.78, 5) is 18.9. The fourth-order valence-corrected chi connectivity index (χ4v) is 2.78. The molecule has 25 heavy (non-hydrogen) atoms. The number of para-hydroxylation sites is 1. The maximum atomic E-state index is 12.4. The van der Waals surface area contributed by atoms with Gasteiger partial charge in [-0.15, -0.1) is 0 Å². The predicted octanol–water partition coefficient (Wildman–Crippen LogP) is 2.73. The van der Waals surface area contributed by atoms with Crippen molar-refractivity contribution in [1.82, 2.24) is 9.88 Å². The van der Waals surface area contributed by atoms with Crippen LogP contribution in [0, 0.1) is 0 Å². The molecule has 2 heterocycles. The molecule has 1 aliphatic rings. The third kappa shape index (κ3) is 5.16. The Bertz CT molecular complexity index is 720. The smallest absolute Gasteiger partial charge is 0.257 e. The molecule has 1 aromatic carbocycles. The lowest BCUT2D eigenvalue weighted by Gasteiger charge is -2.26. The summed E-state index contributed by atoms with van der Waals surface area (Å²) >= 11 is 6.07. The van der Waals surface area contributed by atoms with E-state index >= 15 is 0 Å². The van der Waals surface area contributed by atoms with Crippen LogP contribution in [0.1, 0.15) is 10.4 Å². The van der Waals surface area contributed by atoms with Crippen molar-refractivity contribution in [3.05, 3.63) is 53.3 Å². The van der Waals surface area contributed by atoms with Crippen LogP contribution in [-0.2, 0) is 4.74 Å². The van der Waals surface area contributed by atoms with Crippen molar-refractivity contribution in [3.63, 3.8) is 0 Å². The molecule has 0 spiro atoms. The van der Waals surface area contributed by atoms with Crippen LogP contribution in [0.5, 0.6) is 0 Å². The van der Waals surface area contributed by atoms with Gasteiger partial charge in [0.1, 0.15) is 0 Å². The molecule has 0 radical (unpaired) electrons. The predicted molar refractivity (Wildman–Crippen MR) is 99.4 cm³/mol. The number of benzene rings is 1. The normalized spacial score (nSPS) is 14.9. The summed E-state index contributed by atoms with van der Waals surface area (Å²) in [7, 11) is 0. The first kappa shape index (κ1) is 17.7. The number of nitrogens with one attached hydrogen (secondary N) is 2. The monoisotopic (exact) mass is 360 g/mol. The molecule has 0 atom stereocenters. The fourth-order valence-electron chi connectivity index (χ4n) is 2.60. The lowest BCUT2D eigenvalue weighted by Crippen LogP contribution is -2.39. The molecule has 7 heteroatoms. The first-order chi connectivity index (χ1) is 12.2. The Labute approximate surface area is 152 Å². The average molecular weight is 361 g/mol. The maximum absolute atomic E-state index is 12.4. The average Bonchev–Trinajstić information content (AvgIpc) is 2.65. The zero-order valence-corrected chi connectivity index (χ0v) is 14.6. The second-order valence-corrected chi connectivity index (χ2v) is 6.18. The molecule has 1 aliphatic heterocycles. The van der Waals surface area contributed by atoms with Crippen molar-refractivity contribution in [2.75, 3.05) is 50.0 Å². The first-order valence-corrected chi connectivity index (χ1v) is 8.65. The number of hydrogen-bond acceptors (Lipinski definition) is 5. The molecule has 0 saturated carbocycles. The number of morpholine rings is 1. The molecule has 0 bridgehead atoms. The summed E-state index contributed by atoms with van der Waals surface area (Å²) < 4.78 is 5.34. The van der Waals surface area contributed by atoms with Gasteiger partial charge >= 0.3 is 0 Å². The summed E-state index contributed by atoms with van der Waals surface area (Å²) in [5.41, 5.74) is 1.89. The first-order valence-electron chi connectivity index (χ1n) is 8.27. The summed E-state index contributed by atoms with van der Waals surface area (Å²) in [6, 6.07) is 8.93. The highest BCUT2D eigenvalue weighted by Gasteiger charge is 2.11. The highest BCUT2D eigenvalue weighted by atomic mass is 35.5. The minimum Gasteiger partial charge on any atom is -0.382 e. The van der Waals surface area contributed by atoms with E-state index in [1.54, 1.807) is 30.6 Å². The van der Waals surface area contributed by atoms with Crippen LogP contribution in [0.2, 0.25) is 5.02 Å². The number of amides is 1. The van der Waals surface area contributed by atoms with E-state index in [9.17, 15) is 4.79 Å². The van der Waals surface area contributed by atoms with Crippen LogP contribution in [0.25, 0.3) is 0 Å². The number of ether oxygens (including phenoxy) is 1. The van der Waals surface area contributed by atoms with E-state index < -0.39 is 0 Å². The molecule has 6 nitrogen and oxygen atoms in total. The Morgan fingerprint density at radius 1 is 1.24 bits per heavy atom. The van der Waals surface area contributed by atoms with Gasteiger partial charge in [-0.05, 0) is 18.2 Å². The Morgan fingerprint density at radius 3 is 2.84 bits per heavy atom. The fraction of sp³-hybridized carbons (Fsp3) is 0.333. The van der Waals surface area contributed by atoms with E-state index in [1.807, 2.05) is 12.1 Å². The number of aromatic nitrogens is 1. The molecular weight excluding hydrogens is 340 g/mol. The van der Waals surface area contributed by atoms with Gasteiger partial charge < -0.3 is 15.4 Å². The number of carbonyl (C=O) groups excluding carboxylic acids is 1. The van der Waals surface area contributed by atoms with Gasteiger partial charge in [-0.1, -0.05) is 23.7 Å². The number of carbonyl (C=O) groups is 1. The van der Waals surface area contributed by atoms with Crippen molar-refractivity contribution in [3.8, 4) is 0 Å². The zero-order chi connectivity index (χ0) is 17.5. The standard InChI is InChI=1S/C18H21ClN4O2/c19-16-3-1-2-4-17(16)22-18(24)14-11-15(13-20-12-14)21-5-6-23-7-9-25-10-8-23/h1-4,11-13,21H,5-10H2,(H,22,24). The van der Waals surface area contributed by atoms with Crippen molar-refractivity contribution >= 4 is 28.9 Å². The number of pyridine rings is 1. The van der Waals surface area contributed by atoms with Gasteiger partial charge in [0.05, 0.1) is 35.2 Å². The van der Waals surface area contributed by atoms with E-state index in [-0.39, 0.29) is 5.91 Å². The maximum Gasteiger partial charge on any atom is 0.257 e. The van der Waals surface area contributed by atoms with Gasteiger partial charge in [-0.2, -0.15) is 0 Å². The largest absolute Gasteiger partial charge is 0.382 e. The number of rotatable bonds is 6. The van der Waals surface area contributed by atoms with Gasteiger partial charge in [0.2, 0.25) is 0 Å². The van der Waals surface area contributed by atoms with E-state index in [4.69, 9.17) is 16.3 Å². The van der Waals surface area contributed by atoms with Crippen LogP contribution >= 0.6 is 11.6 Å². The second-order valence-electron chi connectivity index (χ2n) is 5.78. The van der Waals surface area contributed by atoms with Crippen LogP contribution in [0.15, 0.2) is 42.7 Å². The Hall–Kier alpha value is -2.15. The van der Waals surface area contributed by atoms with Crippen molar-refractivity contribution in [2.24, 2.45) is 0 Å². The molecule has 1 amide bonds. The number of anilines is 2. The summed E-state index contributed by atoms with van der Waals surface area (Å²) in [6.45, 7) is 5.22. The van der Waals surface area contributed by atoms with E-state index in [2.05, 4.69) is 20.5 Å². The number of hydrogen-bond donors (Lipinski definition) is 2. The van der Waals surface area contributed by atoms with Gasteiger partial charge in [-0.3, -0.25) is 14.7 Å². The van der Waals surface area contributed by atoms with Crippen molar-refractivity contribution in [1.29, 1.82) is 0 Å². The summed E-state index contributed by atoms with van der Waals surface area (Å²) in [6.07, 6.45) is 3.25. The van der Waals surface area contributed by atoms with Crippen LogP contribution in [0.3, 0.4) is 0 Å². The molecule has 1 aromatic heterocycles. The van der Waals surface area contributed by atoms with Gasteiger partial charge in [0.25, 0.3) is 5.91 Å². The van der Waals surface area contributed by atoms with Gasteiger partial charge in [-0.25, -0.2) is 0 Å². The third-order valence-corrected chi connectivity index (χ3v) is 4.31. The molecule has 1 saturated heterocycles. The van der Waals surface area contributed by atoms with Gasteiger partial charge in [0.15, 0.2) is 0 Å². The van der Waals surface area contributed by atoms with E-state index in [0.717, 1.165) is 45.1 Å². The van der Waals surface area contributed by atoms with Crippen molar-refractivity contribution in [2.45, 2.75) is 0 Å². The molecule has 3 rings (SSSR count). The molecule has 132 valence electrons. The highest BCUT2D eigenvalue weighted by Crippen LogP contribution is 2.21. The SMILES string of the molecule is O=C(Nc1ccccc1Cl)c1cncc(NCCN2CCOCC2)c1. The van der Waals surface area contributed by atoms with Crippen molar-refractivity contribution < 1.29 is 9.53 Å². The third-order valence-electron chi connectivity index (χ3n) is 3.98. The molecular formula is C18H21ClN4O2. The minimum atomic E-state index is -0.238. The van der Waals surface area contributed by atoms with Crippen LogP contribution < -0.4 is 10.6 Å². The Morgan fingerprint density at radius 2 is 2.04 bits per heavy atom. The number of halogens is 1. The number of nitrogens with zero attached hydrogens (tertiary/aromatic N) is 2. The Balaban J connectivity index is 1.55. The zero-order valence-electron chi connectivity index (χ0n) is 13.9. The molecule has 2 N–H and O–H groups in total. The Kier molecular flexibility index (Phi) is 6.22. The molecule has 2 aromatic rings. The summed E-state index contributed by atoms with van der Waals surface area (Å²) in [5.74, 6) is -0.238. The summed E-state index contributed by atoms with van der Waals surface area (Å²) in [5, 5.41) is 6.62. The van der Waals surface area contributed by atoms with Gasteiger partial charge in [0, 0.05) is 38.6 Å². The minimum absolute atomic E-state index is 0.238. The topological polar surface area (TPSA) is 66.5 Å². The van der Waals surface area contributed by atoms with Crippen LogP contribution in [-0.4, -0.2) is 55.2 Å². The molecule has 0 unspecified atom stereocenters. The van der Waals surface area contributed by atoms with E-state index in [1.165, 1.54) is 0 Å². The van der Waals surface area contributed by atoms with E-state index in [0.29, 0.717) is 16.3 Å². The molecule has 1 fully saturated rings. The lowest BCUT2D eigenvalue weighted by atomic mass is 10.2.